The minimum atomic E-state index is 0. The molecule has 1 rings (SSSR count). The second-order valence-corrected chi connectivity index (χ2v) is 5.27. The van der Waals surface area contributed by atoms with E-state index in [4.69, 9.17) is 14.2 Å². The van der Waals surface area contributed by atoms with E-state index in [0.29, 0.717) is 13.2 Å². The summed E-state index contributed by atoms with van der Waals surface area (Å²) in [6.45, 7) is 7.76. The fourth-order valence-electron chi connectivity index (χ4n) is 2.08. The molecule has 25 heavy (non-hydrogen) atoms. The molecule has 0 fully saturated rings. The second kappa shape index (κ2) is 15.1. The molecule has 1 aromatic rings. The van der Waals surface area contributed by atoms with Crippen molar-refractivity contribution in [3.63, 3.8) is 0 Å². The first-order valence-electron chi connectivity index (χ1n) is 8.55. The topological polar surface area (TPSA) is 64.1 Å². The fourth-order valence-corrected chi connectivity index (χ4v) is 2.08. The van der Waals surface area contributed by atoms with Crippen molar-refractivity contribution < 1.29 is 14.2 Å². The number of aliphatic imine (C=N–C) groups is 1. The van der Waals surface area contributed by atoms with Gasteiger partial charge in [0.25, 0.3) is 0 Å². The molecule has 0 saturated carbocycles. The van der Waals surface area contributed by atoms with Gasteiger partial charge in [0.05, 0.1) is 27.4 Å². The second-order valence-electron chi connectivity index (χ2n) is 5.27. The summed E-state index contributed by atoms with van der Waals surface area (Å²) in [5, 5.41) is 6.51. The van der Waals surface area contributed by atoms with Crippen LogP contribution in [0.4, 0.5) is 0 Å². The van der Waals surface area contributed by atoms with Crippen LogP contribution in [0.15, 0.2) is 23.2 Å². The zero-order valence-electron chi connectivity index (χ0n) is 15.8. The Labute approximate surface area is 168 Å². The van der Waals surface area contributed by atoms with Crippen molar-refractivity contribution in [3.05, 3.63) is 23.8 Å². The van der Waals surface area contributed by atoms with Crippen LogP contribution in [0.25, 0.3) is 0 Å². The SMILES string of the molecule is CCCCOCCNC(=NCc1ccc(OC)cc1OC)NCC.I. The average Bonchev–Trinajstić information content (AvgIpc) is 2.62. The number of guanidine groups is 1. The first-order chi connectivity index (χ1) is 11.7. The predicted octanol–water partition coefficient (Wildman–Crippen LogP) is 3.19. The van der Waals surface area contributed by atoms with Crippen LogP contribution in [0.3, 0.4) is 0 Å². The molecule has 144 valence electrons. The Hall–Kier alpha value is -1.22. The van der Waals surface area contributed by atoms with Gasteiger partial charge in [0.15, 0.2) is 5.96 Å². The van der Waals surface area contributed by atoms with E-state index < -0.39 is 0 Å². The van der Waals surface area contributed by atoms with E-state index in [1.165, 1.54) is 0 Å². The maximum atomic E-state index is 5.55. The zero-order chi connectivity index (χ0) is 17.6. The van der Waals surface area contributed by atoms with Gasteiger partial charge in [0.2, 0.25) is 0 Å². The summed E-state index contributed by atoms with van der Waals surface area (Å²) < 4.78 is 16.2. The van der Waals surface area contributed by atoms with E-state index in [2.05, 4.69) is 22.5 Å². The molecule has 0 amide bonds. The molecule has 0 atom stereocenters. The van der Waals surface area contributed by atoms with E-state index in [1.54, 1.807) is 14.2 Å². The summed E-state index contributed by atoms with van der Waals surface area (Å²) in [5.41, 5.74) is 1.01. The Balaban J connectivity index is 0.00000576. The zero-order valence-corrected chi connectivity index (χ0v) is 18.1. The first-order valence-corrected chi connectivity index (χ1v) is 8.55. The van der Waals surface area contributed by atoms with Gasteiger partial charge in [-0.05, 0) is 25.5 Å². The number of benzene rings is 1. The average molecular weight is 465 g/mol. The third-order valence-corrected chi connectivity index (χ3v) is 3.43. The van der Waals surface area contributed by atoms with Crippen LogP contribution in [0.5, 0.6) is 11.5 Å². The molecule has 0 radical (unpaired) electrons. The van der Waals surface area contributed by atoms with Crippen LogP contribution < -0.4 is 20.1 Å². The lowest BCUT2D eigenvalue weighted by molar-refractivity contribution is 0.136. The van der Waals surface area contributed by atoms with Crippen LogP contribution in [-0.4, -0.2) is 46.5 Å². The standard InChI is InChI=1S/C18H31N3O3.HI/c1-5-7-11-24-12-10-20-18(19-6-2)21-14-15-8-9-16(22-3)13-17(15)23-4;/h8-9,13H,5-7,10-12,14H2,1-4H3,(H2,19,20,21);1H. The molecular weight excluding hydrogens is 433 g/mol. The largest absolute Gasteiger partial charge is 0.497 e. The quantitative estimate of drug-likeness (QED) is 0.228. The van der Waals surface area contributed by atoms with Crippen molar-refractivity contribution in [2.24, 2.45) is 4.99 Å². The lowest BCUT2D eigenvalue weighted by Gasteiger charge is -2.13. The molecule has 0 spiro atoms. The van der Waals surface area contributed by atoms with Crippen LogP contribution in [0, 0.1) is 0 Å². The third-order valence-electron chi connectivity index (χ3n) is 3.43. The molecule has 7 heteroatoms. The maximum absolute atomic E-state index is 5.55. The predicted molar refractivity (Wildman–Crippen MR) is 114 cm³/mol. The van der Waals surface area contributed by atoms with Gasteiger partial charge in [-0.1, -0.05) is 13.3 Å². The number of methoxy groups -OCH3 is 2. The van der Waals surface area contributed by atoms with E-state index in [-0.39, 0.29) is 24.0 Å². The van der Waals surface area contributed by atoms with Gasteiger partial charge in [0, 0.05) is 31.3 Å². The number of unbranched alkanes of at least 4 members (excludes halogenated alkanes) is 1. The maximum Gasteiger partial charge on any atom is 0.191 e. The van der Waals surface area contributed by atoms with Gasteiger partial charge in [-0.2, -0.15) is 0 Å². The third kappa shape index (κ3) is 9.74. The Morgan fingerprint density at radius 3 is 2.52 bits per heavy atom. The van der Waals surface area contributed by atoms with E-state index in [0.717, 1.165) is 55.6 Å². The highest BCUT2D eigenvalue weighted by molar-refractivity contribution is 14.0. The van der Waals surface area contributed by atoms with E-state index in [9.17, 15) is 0 Å². The summed E-state index contributed by atoms with van der Waals surface area (Å²) in [6, 6.07) is 5.75. The summed E-state index contributed by atoms with van der Waals surface area (Å²) in [5.74, 6) is 2.32. The van der Waals surface area contributed by atoms with Crippen molar-refractivity contribution in [2.45, 2.75) is 33.2 Å². The van der Waals surface area contributed by atoms with Gasteiger partial charge in [0.1, 0.15) is 11.5 Å². The summed E-state index contributed by atoms with van der Waals surface area (Å²) in [7, 11) is 3.29. The number of hydrogen-bond donors (Lipinski definition) is 2. The van der Waals surface area contributed by atoms with Crippen LogP contribution >= 0.6 is 24.0 Å². The number of rotatable bonds is 11. The van der Waals surface area contributed by atoms with Gasteiger partial charge < -0.3 is 24.8 Å². The normalized spacial score (nSPS) is 10.8. The minimum absolute atomic E-state index is 0. The smallest absolute Gasteiger partial charge is 0.191 e. The van der Waals surface area contributed by atoms with Crippen LogP contribution in [0.1, 0.15) is 32.3 Å². The molecule has 0 unspecified atom stereocenters. The monoisotopic (exact) mass is 465 g/mol. The highest BCUT2D eigenvalue weighted by atomic mass is 127. The van der Waals surface area contributed by atoms with Crippen molar-refractivity contribution >= 4 is 29.9 Å². The van der Waals surface area contributed by atoms with Gasteiger partial charge in [-0.25, -0.2) is 4.99 Å². The highest BCUT2D eigenvalue weighted by Gasteiger charge is 2.05. The van der Waals surface area contributed by atoms with Crippen LogP contribution in [-0.2, 0) is 11.3 Å². The van der Waals surface area contributed by atoms with Crippen molar-refractivity contribution in [1.82, 2.24) is 10.6 Å². The molecule has 0 heterocycles. The highest BCUT2D eigenvalue weighted by Crippen LogP contribution is 2.25. The molecule has 0 aromatic heterocycles. The fraction of sp³-hybridized carbons (Fsp3) is 0.611. The van der Waals surface area contributed by atoms with Gasteiger partial charge in [-0.15, -0.1) is 24.0 Å². The molecule has 0 aliphatic carbocycles. The molecular formula is C18H32IN3O3. The van der Waals surface area contributed by atoms with E-state index >= 15 is 0 Å². The Bertz CT molecular complexity index is 498. The van der Waals surface area contributed by atoms with Crippen LogP contribution in [0.2, 0.25) is 0 Å². The van der Waals surface area contributed by atoms with Gasteiger partial charge in [-0.3, -0.25) is 0 Å². The summed E-state index contributed by atoms with van der Waals surface area (Å²) in [6.07, 6.45) is 2.26. The number of halogens is 1. The van der Waals surface area contributed by atoms with E-state index in [1.807, 2.05) is 25.1 Å². The lowest BCUT2D eigenvalue weighted by atomic mass is 10.2. The molecule has 6 nitrogen and oxygen atoms in total. The van der Waals surface area contributed by atoms with Crippen molar-refractivity contribution in [3.8, 4) is 11.5 Å². The summed E-state index contributed by atoms with van der Waals surface area (Å²) >= 11 is 0. The molecule has 0 saturated heterocycles. The van der Waals surface area contributed by atoms with Gasteiger partial charge >= 0.3 is 0 Å². The van der Waals surface area contributed by atoms with Crippen molar-refractivity contribution in [1.29, 1.82) is 0 Å². The Morgan fingerprint density at radius 2 is 1.88 bits per heavy atom. The summed E-state index contributed by atoms with van der Waals surface area (Å²) in [4.78, 5) is 4.60. The number of hydrogen-bond acceptors (Lipinski definition) is 4. The number of nitrogens with zero attached hydrogens (tertiary/aromatic N) is 1. The molecule has 1 aromatic carbocycles. The Kier molecular flexibility index (Phi) is 14.3. The molecule has 0 aliphatic heterocycles. The molecule has 2 N–H and O–H groups in total. The Morgan fingerprint density at radius 1 is 1.08 bits per heavy atom. The van der Waals surface area contributed by atoms with Crippen molar-refractivity contribution in [2.75, 3.05) is 40.5 Å². The molecule has 0 bridgehead atoms. The number of ether oxygens (including phenoxy) is 3. The number of nitrogens with one attached hydrogen (secondary N) is 2. The lowest BCUT2D eigenvalue weighted by Crippen LogP contribution is -2.39. The first kappa shape index (κ1) is 23.8. The minimum Gasteiger partial charge on any atom is -0.497 e. The molecule has 0 aliphatic rings.